The van der Waals surface area contributed by atoms with E-state index in [1.807, 2.05) is 23.1 Å². The first-order valence-electron chi connectivity index (χ1n) is 6.94. The van der Waals surface area contributed by atoms with Crippen molar-refractivity contribution in [3.05, 3.63) is 23.8 Å². The Hall–Kier alpha value is -1.55. The molecule has 2 rings (SSSR count). The molecule has 104 valence electrons. The van der Waals surface area contributed by atoms with Crippen LogP contribution >= 0.6 is 0 Å². The van der Waals surface area contributed by atoms with E-state index in [1.165, 1.54) is 5.56 Å². The molecule has 1 aliphatic rings. The number of carbonyl (C=O) groups is 1. The molecule has 0 radical (unpaired) electrons. The minimum absolute atomic E-state index is 0.152. The molecule has 1 aromatic rings. The van der Waals surface area contributed by atoms with Gasteiger partial charge in [0.1, 0.15) is 5.75 Å². The van der Waals surface area contributed by atoms with E-state index in [0.717, 1.165) is 43.8 Å². The highest BCUT2D eigenvalue weighted by molar-refractivity contribution is 5.96. The number of nitrogens with zero attached hydrogens (tertiary/aromatic N) is 1. The van der Waals surface area contributed by atoms with Crippen molar-refractivity contribution in [2.24, 2.45) is 0 Å². The first-order valence-corrected chi connectivity index (χ1v) is 6.94. The van der Waals surface area contributed by atoms with Gasteiger partial charge >= 0.3 is 0 Å². The van der Waals surface area contributed by atoms with Crippen molar-refractivity contribution in [1.29, 1.82) is 0 Å². The zero-order valence-electron chi connectivity index (χ0n) is 11.7. The topological polar surface area (TPSA) is 41.6 Å². The Kier molecular flexibility index (Phi) is 4.80. The second-order valence-electron chi connectivity index (χ2n) is 4.82. The van der Waals surface area contributed by atoms with Crippen LogP contribution in [0.15, 0.2) is 18.2 Å². The van der Waals surface area contributed by atoms with Crippen LogP contribution in [0.3, 0.4) is 0 Å². The first-order chi connectivity index (χ1) is 9.26. The van der Waals surface area contributed by atoms with Gasteiger partial charge in [-0.2, -0.15) is 0 Å². The summed E-state index contributed by atoms with van der Waals surface area (Å²) < 4.78 is 5.24. The average molecular weight is 262 g/mol. The zero-order chi connectivity index (χ0) is 13.7. The first kappa shape index (κ1) is 13.9. The van der Waals surface area contributed by atoms with Crippen LogP contribution < -0.4 is 15.0 Å². The third-order valence-corrected chi connectivity index (χ3v) is 3.41. The highest BCUT2D eigenvalue weighted by Gasteiger charge is 2.22. The predicted octanol–water partition coefficient (Wildman–Crippen LogP) is 1.97. The van der Waals surface area contributed by atoms with Gasteiger partial charge in [-0.1, -0.05) is 6.92 Å². The molecule has 1 aromatic carbocycles. The Balaban J connectivity index is 2.11. The Morgan fingerprint density at radius 2 is 2.32 bits per heavy atom. The molecule has 1 N–H and O–H groups in total. The fourth-order valence-electron chi connectivity index (χ4n) is 2.43. The molecule has 0 saturated heterocycles. The SMILES string of the molecule is CCCNCC(=O)N1CCCc2cc(OC)ccc21. The maximum Gasteiger partial charge on any atom is 0.240 e. The maximum absolute atomic E-state index is 12.2. The van der Waals surface area contributed by atoms with Crippen LogP contribution in [0.25, 0.3) is 0 Å². The van der Waals surface area contributed by atoms with Gasteiger partial charge in [0, 0.05) is 12.2 Å². The van der Waals surface area contributed by atoms with Crippen molar-refractivity contribution in [1.82, 2.24) is 5.32 Å². The summed E-state index contributed by atoms with van der Waals surface area (Å²) in [6.45, 7) is 4.21. The van der Waals surface area contributed by atoms with Crippen LogP contribution in [0.4, 0.5) is 5.69 Å². The number of carbonyl (C=O) groups excluding carboxylic acids is 1. The van der Waals surface area contributed by atoms with Crippen LogP contribution in [0.5, 0.6) is 5.75 Å². The van der Waals surface area contributed by atoms with E-state index in [0.29, 0.717) is 6.54 Å². The van der Waals surface area contributed by atoms with Gasteiger partial charge in [0.15, 0.2) is 0 Å². The van der Waals surface area contributed by atoms with Crippen molar-refractivity contribution in [3.8, 4) is 5.75 Å². The van der Waals surface area contributed by atoms with Crippen molar-refractivity contribution in [2.75, 3.05) is 31.6 Å². The fourth-order valence-corrected chi connectivity index (χ4v) is 2.43. The van der Waals surface area contributed by atoms with Crippen molar-refractivity contribution >= 4 is 11.6 Å². The number of nitrogens with one attached hydrogen (secondary N) is 1. The summed E-state index contributed by atoms with van der Waals surface area (Å²) in [5.74, 6) is 1.01. The molecule has 0 aromatic heterocycles. The van der Waals surface area contributed by atoms with Gasteiger partial charge in [-0.15, -0.1) is 0 Å². The van der Waals surface area contributed by atoms with Gasteiger partial charge in [-0.05, 0) is 49.6 Å². The summed E-state index contributed by atoms with van der Waals surface area (Å²) in [4.78, 5) is 14.1. The van der Waals surface area contributed by atoms with Gasteiger partial charge in [0.05, 0.1) is 13.7 Å². The Morgan fingerprint density at radius 3 is 3.05 bits per heavy atom. The smallest absolute Gasteiger partial charge is 0.240 e. The standard InChI is InChI=1S/C15H22N2O2/c1-3-8-16-11-15(18)17-9-4-5-12-10-13(19-2)6-7-14(12)17/h6-7,10,16H,3-5,8-9,11H2,1-2H3. The number of methoxy groups -OCH3 is 1. The Morgan fingerprint density at radius 1 is 1.47 bits per heavy atom. The van der Waals surface area contributed by atoms with E-state index in [9.17, 15) is 4.79 Å². The monoisotopic (exact) mass is 262 g/mol. The number of benzene rings is 1. The lowest BCUT2D eigenvalue weighted by molar-refractivity contribution is -0.117. The lowest BCUT2D eigenvalue weighted by atomic mass is 10.0. The van der Waals surface area contributed by atoms with Crippen molar-refractivity contribution in [2.45, 2.75) is 26.2 Å². The number of fused-ring (bicyclic) bond motifs is 1. The number of ether oxygens (including phenoxy) is 1. The van der Waals surface area contributed by atoms with E-state index in [-0.39, 0.29) is 5.91 Å². The molecule has 0 spiro atoms. The number of anilines is 1. The molecule has 4 heteroatoms. The third-order valence-electron chi connectivity index (χ3n) is 3.41. The van der Waals surface area contributed by atoms with Gasteiger partial charge < -0.3 is 15.0 Å². The predicted molar refractivity (Wildman–Crippen MR) is 76.8 cm³/mol. The van der Waals surface area contributed by atoms with Crippen LogP contribution in [0.2, 0.25) is 0 Å². The number of amides is 1. The molecule has 4 nitrogen and oxygen atoms in total. The third kappa shape index (κ3) is 3.26. The van der Waals surface area contributed by atoms with Crippen LogP contribution in [-0.2, 0) is 11.2 Å². The molecule has 1 aliphatic heterocycles. The summed E-state index contributed by atoms with van der Waals surface area (Å²) in [6.07, 6.45) is 3.07. The van der Waals surface area contributed by atoms with Gasteiger partial charge in [0.25, 0.3) is 0 Å². The number of rotatable bonds is 5. The normalized spacial score (nSPS) is 14.1. The minimum atomic E-state index is 0.152. The van der Waals surface area contributed by atoms with E-state index >= 15 is 0 Å². The largest absolute Gasteiger partial charge is 0.497 e. The minimum Gasteiger partial charge on any atom is -0.497 e. The lowest BCUT2D eigenvalue weighted by Gasteiger charge is -2.30. The summed E-state index contributed by atoms with van der Waals surface area (Å²) in [5, 5.41) is 3.17. The van der Waals surface area contributed by atoms with Gasteiger partial charge in [0.2, 0.25) is 5.91 Å². The maximum atomic E-state index is 12.2. The van der Waals surface area contributed by atoms with E-state index < -0.39 is 0 Å². The average Bonchev–Trinajstić information content (AvgIpc) is 2.46. The molecule has 0 aliphatic carbocycles. The summed E-state index contributed by atoms with van der Waals surface area (Å²) in [6, 6.07) is 5.95. The van der Waals surface area contributed by atoms with Crippen LogP contribution in [0, 0.1) is 0 Å². The van der Waals surface area contributed by atoms with Gasteiger partial charge in [-0.25, -0.2) is 0 Å². The summed E-state index contributed by atoms with van der Waals surface area (Å²) >= 11 is 0. The molecule has 0 atom stereocenters. The second-order valence-corrected chi connectivity index (χ2v) is 4.82. The molecule has 19 heavy (non-hydrogen) atoms. The van der Waals surface area contributed by atoms with E-state index in [4.69, 9.17) is 4.74 Å². The summed E-state index contributed by atoms with van der Waals surface area (Å²) in [5.41, 5.74) is 2.24. The van der Waals surface area contributed by atoms with Crippen LogP contribution in [0.1, 0.15) is 25.3 Å². The fraction of sp³-hybridized carbons (Fsp3) is 0.533. The molecule has 0 bridgehead atoms. The molecule has 0 fully saturated rings. The van der Waals surface area contributed by atoms with Crippen molar-refractivity contribution < 1.29 is 9.53 Å². The Bertz CT molecular complexity index is 446. The molecule has 0 saturated carbocycles. The molecular formula is C15H22N2O2. The molecular weight excluding hydrogens is 240 g/mol. The summed E-state index contributed by atoms with van der Waals surface area (Å²) in [7, 11) is 1.67. The number of aryl methyl sites for hydroxylation is 1. The molecule has 0 unspecified atom stereocenters. The zero-order valence-corrected chi connectivity index (χ0v) is 11.7. The van der Waals surface area contributed by atoms with Crippen LogP contribution in [-0.4, -0.2) is 32.7 Å². The molecule has 1 heterocycles. The van der Waals surface area contributed by atoms with E-state index in [1.54, 1.807) is 7.11 Å². The Labute approximate surface area is 114 Å². The number of hydrogen-bond acceptors (Lipinski definition) is 3. The second kappa shape index (κ2) is 6.57. The lowest BCUT2D eigenvalue weighted by Crippen LogP contribution is -2.41. The highest BCUT2D eigenvalue weighted by atomic mass is 16.5. The van der Waals surface area contributed by atoms with E-state index in [2.05, 4.69) is 12.2 Å². The quantitative estimate of drug-likeness (QED) is 0.825. The van der Waals surface area contributed by atoms with Gasteiger partial charge in [-0.3, -0.25) is 4.79 Å². The highest BCUT2D eigenvalue weighted by Crippen LogP contribution is 2.30. The molecule has 1 amide bonds. The number of hydrogen-bond donors (Lipinski definition) is 1. The van der Waals surface area contributed by atoms with Crippen molar-refractivity contribution in [3.63, 3.8) is 0 Å².